The lowest BCUT2D eigenvalue weighted by Crippen LogP contribution is -2.43. The number of nitrogens with zero attached hydrogens (tertiary/aromatic N) is 1. The van der Waals surface area contributed by atoms with Crippen LogP contribution < -0.4 is 5.73 Å². The van der Waals surface area contributed by atoms with Gasteiger partial charge in [0.2, 0.25) is 0 Å². The molecule has 0 aromatic heterocycles. The van der Waals surface area contributed by atoms with Crippen LogP contribution in [-0.2, 0) is 4.79 Å². The van der Waals surface area contributed by atoms with Crippen molar-refractivity contribution in [2.75, 3.05) is 20.1 Å². The van der Waals surface area contributed by atoms with Crippen LogP contribution in [0.3, 0.4) is 0 Å². The molecule has 0 heterocycles. The van der Waals surface area contributed by atoms with E-state index in [4.69, 9.17) is 20.9 Å². The van der Waals surface area contributed by atoms with Gasteiger partial charge >= 0.3 is 13.1 Å². The number of rotatable bonds is 11. The Morgan fingerprint density at radius 3 is 2.35 bits per heavy atom. The molecular formula is C13H29BN2O4. The molecule has 6 nitrogen and oxygen atoms in total. The number of carboxylic acids is 1. The molecule has 5 N–H and O–H groups in total. The molecule has 0 saturated carbocycles. The Labute approximate surface area is 122 Å². The zero-order valence-corrected chi connectivity index (χ0v) is 12.8. The Balaban J connectivity index is 4.31. The predicted molar refractivity (Wildman–Crippen MR) is 80.3 cm³/mol. The van der Waals surface area contributed by atoms with Crippen LogP contribution in [0.15, 0.2) is 0 Å². The fourth-order valence-electron chi connectivity index (χ4n) is 2.19. The summed E-state index contributed by atoms with van der Waals surface area (Å²) in [5.41, 5.74) is 5.77. The maximum Gasteiger partial charge on any atom is 0.451 e. The lowest BCUT2D eigenvalue weighted by Gasteiger charge is -2.26. The van der Waals surface area contributed by atoms with Crippen molar-refractivity contribution in [3.63, 3.8) is 0 Å². The van der Waals surface area contributed by atoms with E-state index in [0.29, 0.717) is 18.8 Å². The molecule has 0 bridgehead atoms. The Kier molecular flexibility index (Phi) is 9.84. The van der Waals surface area contributed by atoms with E-state index in [1.807, 2.05) is 20.9 Å². The number of nitrogens with two attached hydrogens (primary N) is 1. The van der Waals surface area contributed by atoms with Crippen LogP contribution >= 0.6 is 0 Å². The van der Waals surface area contributed by atoms with Crippen LogP contribution in [0.1, 0.15) is 33.1 Å². The molecule has 118 valence electrons. The first-order chi connectivity index (χ1) is 9.27. The molecule has 0 saturated heterocycles. The summed E-state index contributed by atoms with van der Waals surface area (Å²) in [4.78, 5) is 13.1. The van der Waals surface area contributed by atoms with E-state index in [0.717, 1.165) is 25.8 Å². The van der Waals surface area contributed by atoms with E-state index in [9.17, 15) is 4.79 Å². The highest BCUT2D eigenvalue weighted by Crippen LogP contribution is 2.20. The fraction of sp³-hybridized carbons (Fsp3) is 0.923. The van der Waals surface area contributed by atoms with Crippen LogP contribution in [0.4, 0.5) is 0 Å². The van der Waals surface area contributed by atoms with Gasteiger partial charge in [-0.3, -0.25) is 4.79 Å². The molecule has 0 aliphatic heterocycles. The summed E-state index contributed by atoms with van der Waals surface area (Å²) >= 11 is 0. The van der Waals surface area contributed by atoms with Crippen LogP contribution in [0.5, 0.6) is 0 Å². The van der Waals surface area contributed by atoms with E-state index in [1.165, 1.54) is 0 Å². The zero-order valence-electron chi connectivity index (χ0n) is 12.8. The summed E-state index contributed by atoms with van der Waals surface area (Å²) in [6.07, 6.45) is 2.65. The maximum atomic E-state index is 11.1. The molecule has 0 rings (SSSR count). The van der Waals surface area contributed by atoms with Crippen LogP contribution in [-0.4, -0.2) is 59.3 Å². The highest BCUT2D eigenvalue weighted by Gasteiger charge is 2.25. The second kappa shape index (κ2) is 10.2. The van der Waals surface area contributed by atoms with Gasteiger partial charge in [0.1, 0.15) is 6.04 Å². The van der Waals surface area contributed by atoms with Gasteiger partial charge in [-0.15, -0.1) is 0 Å². The number of carboxylic acid groups (broad SMARTS) is 1. The summed E-state index contributed by atoms with van der Waals surface area (Å²) in [7, 11) is 0.688. The average molecular weight is 288 g/mol. The van der Waals surface area contributed by atoms with Crippen molar-refractivity contribution in [3.8, 4) is 0 Å². The minimum Gasteiger partial charge on any atom is -0.480 e. The summed E-state index contributed by atoms with van der Waals surface area (Å²) < 4.78 is 0. The van der Waals surface area contributed by atoms with Crippen molar-refractivity contribution in [3.05, 3.63) is 0 Å². The number of hydrogen-bond donors (Lipinski definition) is 4. The highest BCUT2D eigenvalue weighted by atomic mass is 16.4. The van der Waals surface area contributed by atoms with Crippen LogP contribution in [0.2, 0.25) is 6.32 Å². The van der Waals surface area contributed by atoms with Gasteiger partial charge in [-0.2, -0.15) is 0 Å². The van der Waals surface area contributed by atoms with Crippen LogP contribution in [0, 0.1) is 11.8 Å². The van der Waals surface area contributed by atoms with E-state index >= 15 is 0 Å². The van der Waals surface area contributed by atoms with Gasteiger partial charge in [-0.1, -0.05) is 26.7 Å². The summed E-state index contributed by atoms with van der Waals surface area (Å²) in [5, 5.41) is 26.8. The first-order valence-electron chi connectivity index (χ1n) is 7.30. The van der Waals surface area contributed by atoms with Crippen LogP contribution in [0.25, 0.3) is 0 Å². The molecular weight excluding hydrogens is 259 g/mol. The SMILES string of the molecule is CCN(C)CC(CCC(C)CCB(O)O)C(N)C(=O)O. The monoisotopic (exact) mass is 288 g/mol. The lowest BCUT2D eigenvalue weighted by molar-refractivity contribution is -0.140. The van der Waals surface area contributed by atoms with E-state index in [2.05, 4.69) is 4.90 Å². The first-order valence-corrected chi connectivity index (χ1v) is 7.30. The molecule has 0 aliphatic carbocycles. The lowest BCUT2D eigenvalue weighted by atomic mass is 9.79. The number of hydrogen-bond acceptors (Lipinski definition) is 5. The largest absolute Gasteiger partial charge is 0.480 e. The predicted octanol–water partition coefficient (Wildman–Crippen LogP) is 0.245. The minimum absolute atomic E-state index is 0.0843. The molecule has 0 aromatic rings. The molecule has 0 amide bonds. The molecule has 3 atom stereocenters. The molecule has 0 radical (unpaired) electrons. The smallest absolute Gasteiger partial charge is 0.451 e. The molecule has 0 fully saturated rings. The van der Waals surface area contributed by atoms with Gasteiger partial charge in [0.05, 0.1) is 0 Å². The van der Waals surface area contributed by atoms with Crippen molar-refractivity contribution in [2.45, 2.75) is 45.5 Å². The third kappa shape index (κ3) is 8.53. The van der Waals surface area contributed by atoms with Crippen molar-refractivity contribution in [2.24, 2.45) is 17.6 Å². The molecule has 0 aliphatic rings. The van der Waals surface area contributed by atoms with Gasteiger partial charge in [0, 0.05) is 6.54 Å². The van der Waals surface area contributed by atoms with Crippen molar-refractivity contribution >= 4 is 13.1 Å². The first kappa shape index (κ1) is 19.4. The topological polar surface area (TPSA) is 107 Å². The quantitative estimate of drug-likeness (QED) is 0.406. The molecule has 0 aromatic carbocycles. The third-order valence-electron chi connectivity index (χ3n) is 3.83. The number of aliphatic carboxylic acids is 1. The summed E-state index contributed by atoms with van der Waals surface area (Å²) in [6, 6.07) is -0.848. The van der Waals surface area contributed by atoms with E-state index in [-0.39, 0.29) is 5.92 Å². The second-order valence-electron chi connectivity index (χ2n) is 5.72. The average Bonchev–Trinajstić information content (AvgIpc) is 2.39. The van der Waals surface area contributed by atoms with Crippen molar-refractivity contribution in [1.82, 2.24) is 4.90 Å². The molecule has 7 heteroatoms. The molecule has 3 unspecified atom stereocenters. The highest BCUT2D eigenvalue weighted by molar-refractivity contribution is 6.40. The molecule has 20 heavy (non-hydrogen) atoms. The summed E-state index contributed by atoms with van der Waals surface area (Å²) in [5.74, 6) is -0.718. The van der Waals surface area contributed by atoms with Gasteiger partial charge < -0.3 is 25.8 Å². The maximum absolute atomic E-state index is 11.1. The summed E-state index contributed by atoms with van der Waals surface area (Å²) in [6.45, 7) is 5.58. The Hall–Kier alpha value is -0.625. The normalized spacial score (nSPS) is 15.9. The number of carbonyl (C=O) groups is 1. The Morgan fingerprint density at radius 2 is 1.90 bits per heavy atom. The van der Waals surface area contributed by atoms with Gasteiger partial charge in [0.25, 0.3) is 0 Å². The van der Waals surface area contributed by atoms with Gasteiger partial charge in [-0.25, -0.2) is 0 Å². The second-order valence-corrected chi connectivity index (χ2v) is 5.72. The minimum atomic E-state index is -1.26. The molecule has 0 spiro atoms. The van der Waals surface area contributed by atoms with Gasteiger partial charge in [0.15, 0.2) is 0 Å². The fourth-order valence-corrected chi connectivity index (χ4v) is 2.19. The third-order valence-corrected chi connectivity index (χ3v) is 3.83. The van der Waals surface area contributed by atoms with Crippen molar-refractivity contribution in [1.29, 1.82) is 0 Å². The standard InChI is InChI=1S/C13H29BN2O4/c1-4-16(3)9-11(12(15)13(17)18)6-5-10(2)7-8-14(19)20/h10-12,19-20H,4-9,15H2,1-3H3,(H,17,18). The van der Waals surface area contributed by atoms with Crippen molar-refractivity contribution < 1.29 is 19.9 Å². The van der Waals surface area contributed by atoms with E-state index < -0.39 is 19.1 Å². The Morgan fingerprint density at radius 1 is 1.30 bits per heavy atom. The Bertz CT molecular complexity index is 279. The van der Waals surface area contributed by atoms with E-state index in [1.54, 1.807) is 0 Å². The zero-order chi connectivity index (χ0) is 15.7. The van der Waals surface area contributed by atoms with Gasteiger partial charge in [-0.05, 0) is 38.2 Å².